The molecular formula is C19H24N2O. The lowest BCUT2D eigenvalue weighted by Gasteiger charge is -2.24. The van der Waals surface area contributed by atoms with Crippen LogP contribution >= 0.6 is 0 Å². The molecule has 2 aliphatic rings. The Balaban J connectivity index is 1.60. The lowest BCUT2D eigenvalue weighted by Crippen LogP contribution is -2.35. The molecule has 2 aromatic rings. The number of methoxy groups -OCH3 is 1. The molecule has 0 spiro atoms. The molecule has 2 aliphatic heterocycles. The Morgan fingerprint density at radius 1 is 1.09 bits per heavy atom. The topological polar surface area (TPSA) is 24.5 Å². The van der Waals surface area contributed by atoms with Gasteiger partial charge in [-0.25, -0.2) is 0 Å². The molecule has 3 nitrogen and oxygen atoms in total. The smallest absolute Gasteiger partial charge is 0.126 e. The summed E-state index contributed by atoms with van der Waals surface area (Å²) in [5.41, 5.74) is 1.42. The number of nitrogens with one attached hydrogen (secondary N) is 1. The van der Waals surface area contributed by atoms with Gasteiger partial charge in [0.15, 0.2) is 0 Å². The summed E-state index contributed by atoms with van der Waals surface area (Å²) < 4.78 is 5.51. The molecule has 1 N–H and O–H groups in total. The summed E-state index contributed by atoms with van der Waals surface area (Å²) in [5.74, 6) is 2.71. The first kappa shape index (κ1) is 14.0. The summed E-state index contributed by atoms with van der Waals surface area (Å²) in [7, 11) is 1.75. The van der Waals surface area contributed by atoms with Gasteiger partial charge in [0.05, 0.1) is 7.11 Å². The van der Waals surface area contributed by atoms with Gasteiger partial charge in [0.25, 0.3) is 0 Å². The molecule has 2 atom stereocenters. The predicted octanol–water partition coefficient (Wildman–Crippen LogP) is 2.89. The zero-order chi connectivity index (χ0) is 14.9. The van der Waals surface area contributed by atoms with Gasteiger partial charge in [0, 0.05) is 25.0 Å². The van der Waals surface area contributed by atoms with E-state index < -0.39 is 0 Å². The van der Waals surface area contributed by atoms with Gasteiger partial charge in [-0.3, -0.25) is 4.90 Å². The van der Waals surface area contributed by atoms with Gasteiger partial charge >= 0.3 is 0 Å². The van der Waals surface area contributed by atoms with E-state index in [2.05, 4.69) is 46.6 Å². The van der Waals surface area contributed by atoms with E-state index in [4.69, 9.17) is 4.74 Å². The van der Waals surface area contributed by atoms with Crippen molar-refractivity contribution in [3.8, 4) is 5.75 Å². The maximum Gasteiger partial charge on any atom is 0.126 e. The van der Waals surface area contributed by atoms with Crippen molar-refractivity contribution in [1.29, 1.82) is 0 Å². The fourth-order valence-corrected chi connectivity index (χ4v) is 4.19. The van der Waals surface area contributed by atoms with Crippen LogP contribution in [0, 0.1) is 11.8 Å². The van der Waals surface area contributed by atoms with Crippen LogP contribution in [0.4, 0.5) is 0 Å². The van der Waals surface area contributed by atoms with Crippen molar-refractivity contribution in [3.63, 3.8) is 0 Å². The highest BCUT2D eigenvalue weighted by Gasteiger charge is 2.34. The Hall–Kier alpha value is -1.58. The van der Waals surface area contributed by atoms with E-state index in [1.54, 1.807) is 7.11 Å². The molecule has 0 aromatic heterocycles. The summed E-state index contributed by atoms with van der Waals surface area (Å²) in [6.45, 7) is 5.94. The largest absolute Gasteiger partial charge is 0.496 e. The van der Waals surface area contributed by atoms with Crippen molar-refractivity contribution in [3.05, 3.63) is 42.0 Å². The second-order valence-corrected chi connectivity index (χ2v) is 6.68. The standard InChI is InChI=1S/C19H24N2O/c1-22-19-7-6-15(17-4-2-3-5-18(17)19)12-21-11-14-8-9-20-10-16(14)13-21/h2-7,14,16,20H,8-13H2,1H3/t14-,16+/m0/s1. The van der Waals surface area contributed by atoms with Gasteiger partial charge in [-0.1, -0.05) is 30.3 Å². The summed E-state index contributed by atoms with van der Waals surface area (Å²) >= 11 is 0. The van der Waals surface area contributed by atoms with Crippen LogP contribution in [-0.4, -0.2) is 38.2 Å². The average Bonchev–Trinajstić information content (AvgIpc) is 2.97. The molecule has 116 valence electrons. The van der Waals surface area contributed by atoms with Crippen LogP contribution in [0.5, 0.6) is 5.75 Å². The van der Waals surface area contributed by atoms with Crippen LogP contribution in [0.1, 0.15) is 12.0 Å². The highest BCUT2D eigenvalue weighted by molar-refractivity contribution is 5.91. The minimum absolute atomic E-state index is 0.846. The molecule has 4 rings (SSSR count). The molecule has 0 unspecified atom stereocenters. The Morgan fingerprint density at radius 3 is 2.73 bits per heavy atom. The molecule has 2 fully saturated rings. The molecule has 3 heteroatoms. The Bertz CT molecular complexity index is 656. The maximum atomic E-state index is 5.51. The quantitative estimate of drug-likeness (QED) is 0.942. The number of nitrogens with zero attached hydrogens (tertiary/aromatic N) is 1. The SMILES string of the molecule is COc1ccc(CN2C[C@H]3CNCC[C@H]3C2)c2ccccc12. The van der Waals surface area contributed by atoms with Crippen molar-refractivity contribution < 1.29 is 4.74 Å². The highest BCUT2D eigenvalue weighted by Crippen LogP contribution is 2.32. The van der Waals surface area contributed by atoms with Crippen LogP contribution in [0.15, 0.2) is 36.4 Å². The normalized spacial score (nSPS) is 25.3. The third-order valence-electron chi connectivity index (χ3n) is 5.34. The van der Waals surface area contributed by atoms with Gasteiger partial charge in [0.1, 0.15) is 5.75 Å². The second-order valence-electron chi connectivity index (χ2n) is 6.68. The van der Waals surface area contributed by atoms with Crippen LogP contribution < -0.4 is 10.1 Å². The van der Waals surface area contributed by atoms with Crippen molar-refractivity contribution in [2.75, 3.05) is 33.3 Å². The first-order chi connectivity index (χ1) is 10.8. The van der Waals surface area contributed by atoms with E-state index >= 15 is 0 Å². The zero-order valence-corrected chi connectivity index (χ0v) is 13.2. The van der Waals surface area contributed by atoms with Crippen molar-refractivity contribution in [2.24, 2.45) is 11.8 Å². The molecule has 2 heterocycles. The molecule has 0 radical (unpaired) electrons. The number of fused-ring (bicyclic) bond motifs is 2. The number of rotatable bonds is 3. The zero-order valence-electron chi connectivity index (χ0n) is 13.2. The van der Waals surface area contributed by atoms with E-state index in [1.165, 1.54) is 48.9 Å². The monoisotopic (exact) mass is 296 g/mol. The minimum Gasteiger partial charge on any atom is -0.496 e. The van der Waals surface area contributed by atoms with Crippen LogP contribution in [0.25, 0.3) is 10.8 Å². The number of hydrogen-bond acceptors (Lipinski definition) is 3. The van der Waals surface area contributed by atoms with Crippen molar-refractivity contribution in [1.82, 2.24) is 10.2 Å². The third kappa shape index (κ3) is 2.49. The minimum atomic E-state index is 0.846. The molecule has 0 bridgehead atoms. The molecule has 22 heavy (non-hydrogen) atoms. The number of likely N-dealkylation sites (tertiary alicyclic amines) is 1. The summed E-state index contributed by atoms with van der Waals surface area (Å²) in [6.07, 6.45) is 1.34. The number of piperidine rings is 1. The molecule has 0 saturated carbocycles. The van der Waals surface area contributed by atoms with Gasteiger partial charge < -0.3 is 10.1 Å². The molecule has 2 aromatic carbocycles. The lowest BCUT2D eigenvalue weighted by atomic mass is 9.90. The Morgan fingerprint density at radius 2 is 1.91 bits per heavy atom. The number of hydrogen-bond donors (Lipinski definition) is 1. The predicted molar refractivity (Wildman–Crippen MR) is 90.2 cm³/mol. The van der Waals surface area contributed by atoms with Crippen LogP contribution in [-0.2, 0) is 6.54 Å². The molecule has 2 saturated heterocycles. The van der Waals surface area contributed by atoms with E-state index in [0.29, 0.717) is 0 Å². The fraction of sp³-hybridized carbons (Fsp3) is 0.474. The van der Waals surface area contributed by atoms with Gasteiger partial charge in [-0.2, -0.15) is 0 Å². The summed E-state index contributed by atoms with van der Waals surface area (Å²) in [4.78, 5) is 2.64. The van der Waals surface area contributed by atoms with E-state index in [-0.39, 0.29) is 0 Å². The van der Waals surface area contributed by atoms with Gasteiger partial charge in [0.2, 0.25) is 0 Å². The molecule has 0 amide bonds. The van der Waals surface area contributed by atoms with E-state index in [0.717, 1.165) is 24.1 Å². The summed E-state index contributed by atoms with van der Waals surface area (Å²) in [5, 5.41) is 6.09. The molecular weight excluding hydrogens is 272 g/mol. The maximum absolute atomic E-state index is 5.51. The fourth-order valence-electron chi connectivity index (χ4n) is 4.19. The lowest BCUT2D eigenvalue weighted by molar-refractivity contribution is 0.314. The highest BCUT2D eigenvalue weighted by atomic mass is 16.5. The van der Waals surface area contributed by atoms with Gasteiger partial charge in [-0.05, 0) is 48.4 Å². The third-order valence-corrected chi connectivity index (χ3v) is 5.34. The van der Waals surface area contributed by atoms with Crippen LogP contribution in [0.3, 0.4) is 0 Å². The first-order valence-electron chi connectivity index (χ1n) is 8.33. The Labute approximate surface area is 132 Å². The second kappa shape index (κ2) is 5.90. The number of ether oxygens (including phenoxy) is 1. The van der Waals surface area contributed by atoms with E-state index in [9.17, 15) is 0 Å². The Kier molecular flexibility index (Phi) is 3.77. The van der Waals surface area contributed by atoms with Crippen LogP contribution in [0.2, 0.25) is 0 Å². The summed E-state index contributed by atoms with van der Waals surface area (Å²) in [6, 6.07) is 12.9. The van der Waals surface area contributed by atoms with E-state index in [1.807, 2.05) is 0 Å². The van der Waals surface area contributed by atoms with Crippen molar-refractivity contribution in [2.45, 2.75) is 13.0 Å². The van der Waals surface area contributed by atoms with Crippen molar-refractivity contribution >= 4 is 10.8 Å². The number of benzene rings is 2. The molecule has 0 aliphatic carbocycles. The first-order valence-corrected chi connectivity index (χ1v) is 8.33. The average molecular weight is 296 g/mol. The van der Waals surface area contributed by atoms with Gasteiger partial charge in [-0.15, -0.1) is 0 Å².